The fourth-order valence-electron chi connectivity index (χ4n) is 3.97. The first kappa shape index (κ1) is 19.2. The Morgan fingerprint density at radius 1 is 1.17 bits per heavy atom. The summed E-state index contributed by atoms with van der Waals surface area (Å²) in [5, 5.41) is 7.98. The number of aromatic nitrogens is 3. The van der Waals surface area contributed by atoms with E-state index in [1.165, 1.54) is 5.56 Å². The highest BCUT2D eigenvalue weighted by molar-refractivity contribution is 5.80. The van der Waals surface area contributed by atoms with Gasteiger partial charge in [0.15, 0.2) is 11.8 Å². The van der Waals surface area contributed by atoms with Crippen LogP contribution in [-0.2, 0) is 6.54 Å². The molecule has 1 aliphatic heterocycles. The summed E-state index contributed by atoms with van der Waals surface area (Å²) in [5.41, 5.74) is 4.62. The van der Waals surface area contributed by atoms with E-state index in [-0.39, 0.29) is 0 Å². The fourth-order valence-corrected chi connectivity index (χ4v) is 3.97. The number of aliphatic imine (C=N–C) groups is 1. The van der Waals surface area contributed by atoms with Crippen LogP contribution in [0.25, 0.3) is 5.82 Å². The second-order valence-corrected chi connectivity index (χ2v) is 7.61. The van der Waals surface area contributed by atoms with E-state index < -0.39 is 0 Å². The van der Waals surface area contributed by atoms with Crippen molar-refractivity contribution in [1.82, 2.24) is 25.0 Å². The van der Waals surface area contributed by atoms with Gasteiger partial charge < -0.3 is 10.2 Å². The predicted molar refractivity (Wildman–Crippen MR) is 116 cm³/mol. The molecule has 3 heterocycles. The van der Waals surface area contributed by atoms with Gasteiger partial charge in [-0.3, -0.25) is 4.99 Å². The largest absolute Gasteiger partial charge is 0.352 e. The Hall–Kier alpha value is -3.15. The molecule has 3 aromatic rings. The zero-order chi connectivity index (χ0) is 20.2. The van der Waals surface area contributed by atoms with Crippen LogP contribution in [0.3, 0.4) is 0 Å². The molecular weight excluding hydrogens is 360 g/mol. The molecule has 150 valence electrons. The van der Waals surface area contributed by atoms with Crippen molar-refractivity contribution in [2.75, 3.05) is 20.1 Å². The lowest BCUT2D eigenvalue weighted by molar-refractivity contribution is 0.486. The topological polar surface area (TPSA) is 58.3 Å². The summed E-state index contributed by atoms with van der Waals surface area (Å²) in [6, 6.07) is 16.9. The minimum Gasteiger partial charge on any atom is -0.352 e. The maximum atomic E-state index is 4.58. The highest BCUT2D eigenvalue weighted by atomic mass is 15.3. The van der Waals surface area contributed by atoms with Crippen LogP contribution in [0.4, 0.5) is 0 Å². The molecule has 1 aliphatic rings. The summed E-state index contributed by atoms with van der Waals surface area (Å²) in [5.74, 6) is 2.36. The molecule has 4 rings (SSSR count). The number of nitrogens with one attached hydrogen (secondary N) is 1. The molecule has 29 heavy (non-hydrogen) atoms. The number of rotatable bonds is 4. The molecule has 0 aliphatic carbocycles. The zero-order valence-corrected chi connectivity index (χ0v) is 17.3. The normalized spacial score (nSPS) is 17.0. The first-order valence-electron chi connectivity index (χ1n) is 10.1. The van der Waals surface area contributed by atoms with Gasteiger partial charge in [0, 0.05) is 44.5 Å². The summed E-state index contributed by atoms with van der Waals surface area (Å²) in [4.78, 5) is 11.4. The molecule has 1 unspecified atom stereocenters. The fraction of sp³-hybridized carbons (Fsp3) is 0.348. The quantitative estimate of drug-likeness (QED) is 0.549. The minimum atomic E-state index is 0.566. The van der Waals surface area contributed by atoms with Crippen LogP contribution in [0, 0.1) is 13.8 Å². The Balaban J connectivity index is 1.36. The molecule has 1 fully saturated rings. The summed E-state index contributed by atoms with van der Waals surface area (Å²) in [7, 11) is 1.85. The third kappa shape index (κ3) is 4.31. The Morgan fingerprint density at radius 2 is 2.00 bits per heavy atom. The number of guanidine groups is 1. The second-order valence-electron chi connectivity index (χ2n) is 7.61. The molecule has 6 heteroatoms. The summed E-state index contributed by atoms with van der Waals surface area (Å²) >= 11 is 0. The molecule has 1 saturated heterocycles. The van der Waals surface area contributed by atoms with Gasteiger partial charge in [-0.1, -0.05) is 36.4 Å². The summed E-state index contributed by atoms with van der Waals surface area (Å²) < 4.78 is 1.87. The molecule has 0 radical (unpaired) electrons. The molecule has 0 bridgehead atoms. The average molecular weight is 389 g/mol. The van der Waals surface area contributed by atoms with Crippen molar-refractivity contribution in [1.29, 1.82) is 0 Å². The van der Waals surface area contributed by atoms with Gasteiger partial charge in [-0.25, -0.2) is 9.67 Å². The molecule has 2 aromatic heterocycles. The first-order valence-corrected chi connectivity index (χ1v) is 10.1. The SMILES string of the molecule is CN=C(NCc1ccc(-n2nc(C)cc2C)nc1)N1CCC(c2ccccc2)C1. The monoisotopic (exact) mass is 388 g/mol. The van der Waals surface area contributed by atoms with Crippen LogP contribution in [0.2, 0.25) is 0 Å². The number of hydrogen-bond acceptors (Lipinski definition) is 3. The molecule has 1 atom stereocenters. The van der Waals surface area contributed by atoms with Crippen LogP contribution >= 0.6 is 0 Å². The number of benzene rings is 1. The van der Waals surface area contributed by atoms with Gasteiger partial charge in [0.25, 0.3) is 0 Å². The Labute approximate surface area is 172 Å². The lowest BCUT2D eigenvalue weighted by Gasteiger charge is -2.22. The lowest BCUT2D eigenvalue weighted by Crippen LogP contribution is -2.39. The number of likely N-dealkylation sites (tertiary alicyclic amines) is 1. The van der Waals surface area contributed by atoms with E-state index >= 15 is 0 Å². The second kappa shape index (κ2) is 8.47. The Bertz CT molecular complexity index is 974. The number of aryl methyl sites for hydroxylation is 2. The van der Waals surface area contributed by atoms with Gasteiger partial charge in [0.05, 0.1) is 5.69 Å². The molecule has 0 saturated carbocycles. The van der Waals surface area contributed by atoms with E-state index in [1.54, 1.807) is 0 Å². The van der Waals surface area contributed by atoms with Crippen molar-refractivity contribution in [3.8, 4) is 5.82 Å². The van der Waals surface area contributed by atoms with Gasteiger partial charge in [0.2, 0.25) is 0 Å². The van der Waals surface area contributed by atoms with Gasteiger partial charge in [0.1, 0.15) is 0 Å². The van der Waals surface area contributed by atoms with E-state index in [0.29, 0.717) is 12.5 Å². The van der Waals surface area contributed by atoms with E-state index in [0.717, 1.165) is 48.2 Å². The minimum absolute atomic E-state index is 0.566. The zero-order valence-electron chi connectivity index (χ0n) is 17.3. The maximum absolute atomic E-state index is 4.58. The van der Waals surface area contributed by atoms with Crippen molar-refractivity contribution >= 4 is 5.96 Å². The van der Waals surface area contributed by atoms with Gasteiger partial charge in [-0.15, -0.1) is 0 Å². The van der Waals surface area contributed by atoms with Crippen molar-refractivity contribution in [3.63, 3.8) is 0 Å². The first-order chi connectivity index (χ1) is 14.1. The van der Waals surface area contributed by atoms with Gasteiger partial charge in [-0.05, 0) is 43.5 Å². The third-order valence-electron chi connectivity index (χ3n) is 5.46. The van der Waals surface area contributed by atoms with Crippen molar-refractivity contribution < 1.29 is 0 Å². The summed E-state index contributed by atoms with van der Waals surface area (Å²) in [6.45, 7) is 6.75. The van der Waals surface area contributed by atoms with Crippen LogP contribution in [0.1, 0.15) is 34.9 Å². The van der Waals surface area contributed by atoms with E-state index in [1.807, 2.05) is 37.8 Å². The number of pyridine rings is 1. The maximum Gasteiger partial charge on any atom is 0.193 e. The van der Waals surface area contributed by atoms with E-state index in [9.17, 15) is 0 Å². The highest BCUT2D eigenvalue weighted by Crippen LogP contribution is 2.26. The predicted octanol–water partition coefficient (Wildman–Crippen LogP) is 3.45. The van der Waals surface area contributed by atoms with Gasteiger partial charge in [-0.2, -0.15) is 5.10 Å². The molecular formula is C23H28N6. The van der Waals surface area contributed by atoms with Gasteiger partial charge >= 0.3 is 0 Å². The van der Waals surface area contributed by atoms with Crippen molar-refractivity contribution in [2.45, 2.75) is 32.7 Å². The molecule has 1 aromatic carbocycles. The lowest BCUT2D eigenvalue weighted by atomic mass is 9.99. The molecule has 0 spiro atoms. The van der Waals surface area contributed by atoms with Crippen LogP contribution in [0.15, 0.2) is 59.7 Å². The standard InChI is InChI=1S/C23H28N6/c1-17-13-18(2)29(27-17)22-10-9-19(14-25-22)15-26-23(24-3)28-12-11-21(16-28)20-7-5-4-6-8-20/h4-10,13-14,21H,11-12,15-16H2,1-3H3,(H,24,26). The molecule has 1 N–H and O–H groups in total. The average Bonchev–Trinajstić information content (AvgIpc) is 3.36. The molecule has 0 amide bonds. The smallest absolute Gasteiger partial charge is 0.193 e. The number of nitrogens with zero attached hydrogens (tertiary/aromatic N) is 5. The van der Waals surface area contributed by atoms with E-state index in [2.05, 4.69) is 67.8 Å². The Morgan fingerprint density at radius 3 is 2.66 bits per heavy atom. The van der Waals surface area contributed by atoms with E-state index in [4.69, 9.17) is 0 Å². The van der Waals surface area contributed by atoms with Crippen LogP contribution < -0.4 is 5.32 Å². The van der Waals surface area contributed by atoms with Crippen LogP contribution in [-0.4, -0.2) is 45.8 Å². The van der Waals surface area contributed by atoms with Crippen molar-refractivity contribution in [2.24, 2.45) is 4.99 Å². The number of hydrogen-bond donors (Lipinski definition) is 1. The van der Waals surface area contributed by atoms with Crippen molar-refractivity contribution in [3.05, 3.63) is 77.2 Å². The summed E-state index contributed by atoms with van der Waals surface area (Å²) in [6.07, 6.45) is 3.06. The third-order valence-corrected chi connectivity index (χ3v) is 5.46. The van der Waals surface area contributed by atoms with Crippen LogP contribution in [0.5, 0.6) is 0 Å². The molecule has 6 nitrogen and oxygen atoms in total. The highest BCUT2D eigenvalue weighted by Gasteiger charge is 2.25. The Kier molecular flexibility index (Phi) is 5.60.